The first kappa shape index (κ1) is 12.4. The Hall–Kier alpha value is -1.09. The Labute approximate surface area is 104 Å². The Morgan fingerprint density at radius 2 is 2.24 bits per heavy atom. The number of rotatable bonds is 6. The minimum Gasteiger partial charge on any atom is -0.353 e. The third-order valence-electron chi connectivity index (χ3n) is 3.26. The molecule has 1 aliphatic rings. The molecule has 0 aromatic carbocycles. The van der Waals surface area contributed by atoms with E-state index in [1.165, 1.54) is 36.2 Å². The second-order valence-corrected chi connectivity index (χ2v) is 4.95. The first-order valence-corrected chi connectivity index (χ1v) is 6.68. The van der Waals surface area contributed by atoms with Crippen LogP contribution in [0.3, 0.4) is 0 Å². The van der Waals surface area contributed by atoms with Gasteiger partial charge < -0.3 is 10.6 Å². The molecule has 94 valence electrons. The Morgan fingerprint density at radius 1 is 1.47 bits per heavy atom. The summed E-state index contributed by atoms with van der Waals surface area (Å²) in [5.74, 6) is 1.18. The van der Waals surface area contributed by atoms with Crippen LogP contribution in [0.25, 0.3) is 0 Å². The van der Waals surface area contributed by atoms with Crippen LogP contribution in [0.15, 0.2) is 12.3 Å². The van der Waals surface area contributed by atoms with Gasteiger partial charge in [0.25, 0.3) is 0 Å². The van der Waals surface area contributed by atoms with Gasteiger partial charge in [0.2, 0.25) is 0 Å². The van der Waals surface area contributed by atoms with Gasteiger partial charge in [0.15, 0.2) is 0 Å². The average molecular weight is 233 g/mol. The van der Waals surface area contributed by atoms with E-state index >= 15 is 0 Å². The van der Waals surface area contributed by atoms with E-state index < -0.39 is 0 Å². The minimum absolute atomic E-state index is 0.696. The second kappa shape index (κ2) is 5.50. The summed E-state index contributed by atoms with van der Waals surface area (Å²) >= 11 is 0. The summed E-state index contributed by atoms with van der Waals surface area (Å²) in [6.45, 7) is 6.21. The highest BCUT2D eigenvalue weighted by molar-refractivity contribution is 5.49. The standard InChI is InChI=1S/C14H23N3/c1-3-8-17(13-4-5-13)14-11(2)9-12(6-7-15)10-16-14/h9-10,13H,3-8,15H2,1-2H3. The molecular formula is C14H23N3. The normalized spacial score (nSPS) is 15.0. The van der Waals surface area contributed by atoms with Crippen LogP contribution in [0.2, 0.25) is 0 Å². The van der Waals surface area contributed by atoms with Crippen LogP contribution >= 0.6 is 0 Å². The number of aromatic nitrogens is 1. The van der Waals surface area contributed by atoms with Crippen LogP contribution in [0.4, 0.5) is 5.82 Å². The Kier molecular flexibility index (Phi) is 4.00. The van der Waals surface area contributed by atoms with Gasteiger partial charge >= 0.3 is 0 Å². The van der Waals surface area contributed by atoms with Gasteiger partial charge in [0.05, 0.1) is 0 Å². The molecule has 1 saturated carbocycles. The van der Waals surface area contributed by atoms with Gasteiger partial charge in [-0.3, -0.25) is 0 Å². The fourth-order valence-electron chi connectivity index (χ4n) is 2.32. The topological polar surface area (TPSA) is 42.2 Å². The fourth-order valence-corrected chi connectivity index (χ4v) is 2.32. The lowest BCUT2D eigenvalue weighted by Crippen LogP contribution is -2.28. The van der Waals surface area contributed by atoms with Crippen LogP contribution < -0.4 is 10.6 Å². The lowest BCUT2D eigenvalue weighted by molar-refractivity contribution is 0.746. The van der Waals surface area contributed by atoms with Crippen molar-refractivity contribution >= 4 is 5.82 Å². The van der Waals surface area contributed by atoms with E-state index in [0.717, 1.165) is 19.0 Å². The first-order chi connectivity index (χ1) is 8.26. The quantitative estimate of drug-likeness (QED) is 0.819. The molecule has 0 amide bonds. The van der Waals surface area contributed by atoms with Crippen molar-refractivity contribution in [2.45, 2.75) is 45.6 Å². The van der Waals surface area contributed by atoms with E-state index in [4.69, 9.17) is 5.73 Å². The highest BCUT2D eigenvalue weighted by Gasteiger charge is 2.30. The van der Waals surface area contributed by atoms with Crippen molar-refractivity contribution in [1.29, 1.82) is 0 Å². The maximum Gasteiger partial charge on any atom is 0.131 e. The largest absolute Gasteiger partial charge is 0.353 e. The number of nitrogens with two attached hydrogens (primary N) is 1. The molecule has 2 rings (SSSR count). The van der Waals surface area contributed by atoms with Crippen LogP contribution in [0.1, 0.15) is 37.3 Å². The summed E-state index contributed by atoms with van der Waals surface area (Å²) in [6, 6.07) is 2.97. The van der Waals surface area contributed by atoms with Crippen molar-refractivity contribution in [1.82, 2.24) is 4.98 Å². The molecule has 0 unspecified atom stereocenters. The zero-order valence-electron chi connectivity index (χ0n) is 10.9. The molecule has 0 spiro atoms. The molecule has 3 heteroatoms. The van der Waals surface area contributed by atoms with Gasteiger partial charge in [-0.1, -0.05) is 13.0 Å². The zero-order valence-corrected chi connectivity index (χ0v) is 10.9. The molecular weight excluding hydrogens is 210 g/mol. The third kappa shape index (κ3) is 2.97. The third-order valence-corrected chi connectivity index (χ3v) is 3.26. The summed E-state index contributed by atoms with van der Waals surface area (Å²) in [7, 11) is 0. The predicted octanol–water partition coefficient (Wildman–Crippen LogP) is 2.27. The maximum absolute atomic E-state index is 5.58. The average Bonchev–Trinajstić information content (AvgIpc) is 3.11. The molecule has 3 nitrogen and oxygen atoms in total. The fraction of sp³-hybridized carbons (Fsp3) is 0.643. The summed E-state index contributed by atoms with van der Waals surface area (Å²) in [5, 5.41) is 0. The summed E-state index contributed by atoms with van der Waals surface area (Å²) in [4.78, 5) is 7.12. The molecule has 0 bridgehead atoms. The molecule has 0 aliphatic heterocycles. The highest BCUT2D eigenvalue weighted by atomic mass is 15.2. The van der Waals surface area contributed by atoms with Gasteiger partial charge in [-0.25, -0.2) is 4.98 Å². The number of hydrogen-bond donors (Lipinski definition) is 1. The number of anilines is 1. The van der Waals surface area contributed by atoms with E-state index in [1.807, 2.05) is 6.20 Å². The van der Waals surface area contributed by atoms with Crippen LogP contribution in [0.5, 0.6) is 0 Å². The second-order valence-electron chi connectivity index (χ2n) is 4.95. The summed E-state index contributed by atoms with van der Waals surface area (Å²) < 4.78 is 0. The smallest absolute Gasteiger partial charge is 0.131 e. The SMILES string of the molecule is CCCN(c1ncc(CCN)cc1C)C1CC1. The van der Waals surface area contributed by atoms with Crippen molar-refractivity contribution in [2.24, 2.45) is 5.73 Å². The zero-order chi connectivity index (χ0) is 12.3. The number of nitrogens with zero attached hydrogens (tertiary/aromatic N) is 2. The number of aryl methyl sites for hydroxylation is 1. The van der Waals surface area contributed by atoms with Gasteiger partial charge in [-0.15, -0.1) is 0 Å². The molecule has 2 N–H and O–H groups in total. The van der Waals surface area contributed by atoms with E-state index in [1.54, 1.807) is 0 Å². The summed E-state index contributed by atoms with van der Waals surface area (Å²) in [6.07, 6.45) is 6.74. The predicted molar refractivity (Wildman–Crippen MR) is 72.4 cm³/mol. The van der Waals surface area contributed by atoms with E-state index in [-0.39, 0.29) is 0 Å². The van der Waals surface area contributed by atoms with Gasteiger partial charge in [0.1, 0.15) is 5.82 Å². The Bertz CT molecular complexity index is 372. The maximum atomic E-state index is 5.58. The lowest BCUT2D eigenvalue weighted by Gasteiger charge is -2.24. The Balaban J connectivity index is 2.18. The van der Waals surface area contributed by atoms with Crippen molar-refractivity contribution in [2.75, 3.05) is 18.0 Å². The van der Waals surface area contributed by atoms with Crippen LogP contribution in [-0.2, 0) is 6.42 Å². The minimum atomic E-state index is 0.696. The number of hydrogen-bond acceptors (Lipinski definition) is 3. The highest BCUT2D eigenvalue weighted by Crippen LogP contribution is 2.32. The van der Waals surface area contributed by atoms with Gasteiger partial charge in [-0.05, 0) is 50.3 Å². The first-order valence-electron chi connectivity index (χ1n) is 6.68. The van der Waals surface area contributed by atoms with Gasteiger partial charge in [-0.2, -0.15) is 0 Å². The lowest BCUT2D eigenvalue weighted by atomic mass is 10.1. The number of pyridine rings is 1. The molecule has 1 aromatic heterocycles. The molecule has 17 heavy (non-hydrogen) atoms. The van der Waals surface area contributed by atoms with E-state index in [2.05, 4.69) is 29.8 Å². The Morgan fingerprint density at radius 3 is 2.76 bits per heavy atom. The van der Waals surface area contributed by atoms with Crippen molar-refractivity contribution in [3.05, 3.63) is 23.4 Å². The summed E-state index contributed by atoms with van der Waals surface area (Å²) in [5.41, 5.74) is 8.12. The molecule has 1 aliphatic carbocycles. The molecule has 1 fully saturated rings. The monoisotopic (exact) mass is 233 g/mol. The molecule has 0 radical (unpaired) electrons. The van der Waals surface area contributed by atoms with Crippen LogP contribution in [-0.4, -0.2) is 24.1 Å². The molecule has 1 heterocycles. The van der Waals surface area contributed by atoms with Crippen molar-refractivity contribution < 1.29 is 0 Å². The van der Waals surface area contributed by atoms with E-state index in [9.17, 15) is 0 Å². The molecule has 0 atom stereocenters. The molecule has 1 aromatic rings. The van der Waals surface area contributed by atoms with Gasteiger partial charge in [0, 0.05) is 18.8 Å². The van der Waals surface area contributed by atoms with Crippen LogP contribution in [0, 0.1) is 6.92 Å². The van der Waals surface area contributed by atoms with Crippen molar-refractivity contribution in [3.8, 4) is 0 Å². The molecule has 0 saturated heterocycles. The van der Waals surface area contributed by atoms with E-state index in [0.29, 0.717) is 6.54 Å². The van der Waals surface area contributed by atoms with Crippen molar-refractivity contribution in [3.63, 3.8) is 0 Å².